The topological polar surface area (TPSA) is 69.4 Å². The summed E-state index contributed by atoms with van der Waals surface area (Å²) in [6.07, 6.45) is 3.23. The number of benzene rings is 2. The van der Waals surface area contributed by atoms with Crippen molar-refractivity contribution in [2.24, 2.45) is 0 Å². The summed E-state index contributed by atoms with van der Waals surface area (Å²) in [6, 6.07) is 14.1. The fourth-order valence-corrected chi connectivity index (χ4v) is 2.33. The van der Waals surface area contributed by atoms with Gasteiger partial charge in [-0.2, -0.15) is 0 Å². The number of carbonyl (C=O) groups excluding carboxylic acids is 1. The first-order valence-electron chi connectivity index (χ1n) is 7.00. The van der Waals surface area contributed by atoms with Gasteiger partial charge in [0.05, 0.1) is 10.5 Å². The van der Waals surface area contributed by atoms with Crippen molar-refractivity contribution in [3.63, 3.8) is 0 Å². The van der Waals surface area contributed by atoms with Gasteiger partial charge in [-0.25, -0.2) is 4.79 Å². The van der Waals surface area contributed by atoms with E-state index in [0.29, 0.717) is 22.5 Å². The number of esters is 1. The molecule has 5 heteroatoms. The Labute approximate surface area is 132 Å². The first-order valence-corrected chi connectivity index (χ1v) is 7.00. The van der Waals surface area contributed by atoms with Gasteiger partial charge in [0.15, 0.2) is 0 Å². The summed E-state index contributed by atoms with van der Waals surface area (Å²) in [7, 11) is 0. The third kappa shape index (κ3) is 3.03. The number of nitro groups is 1. The van der Waals surface area contributed by atoms with Crippen LogP contribution in [0.5, 0.6) is 0 Å². The van der Waals surface area contributed by atoms with Crippen LogP contribution >= 0.6 is 0 Å². The zero-order valence-electron chi connectivity index (χ0n) is 12.4. The molecule has 1 heterocycles. The molecule has 0 bridgehead atoms. The third-order valence-corrected chi connectivity index (χ3v) is 3.54. The van der Waals surface area contributed by atoms with E-state index >= 15 is 0 Å². The lowest BCUT2D eigenvalue weighted by molar-refractivity contribution is -0.385. The van der Waals surface area contributed by atoms with Crippen LogP contribution in [0.15, 0.2) is 60.2 Å². The van der Waals surface area contributed by atoms with E-state index in [9.17, 15) is 14.9 Å². The highest BCUT2D eigenvalue weighted by Crippen LogP contribution is 2.28. The molecule has 0 radical (unpaired) electrons. The average Bonchev–Trinajstić information content (AvgIpc) is 2.91. The van der Waals surface area contributed by atoms with Gasteiger partial charge >= 0.3 is 5.97 Å². The molecule has 5 nitrogen and oxygen atoms in total. The highest BCUT2D eigenvalue weighted by molar-refractivity contribution is 6.05. The number of nitro benzene ring substituents is 1. The minimum absolute atomic E-state index is 0.0259. The van der Waals surface area contributed by atoms with Gasteiger partial charge in [-0.3, -0.25) is 10.1 Å². The molecule has 1 aliphatic rings. The number of aryl methyl sites for hydroxylation is 1. The molecule has 2 aromatic carbocycles. The molecule has 2 aromatic rings. The zero-order valence-corrected chi connectivity index (χ0v) is 12.4. The minimum Gasteiger partial charge on any atom is -0.422 e. The fraction of sp³-hybridized carbons (Fsp3) is 0.0556. The van der Waals surface area contributed by atoms with Crippen molar-refractivity contribution < 1.29 is 14.5 Å². The van der Waals surface area contributed by atoms with Crippen LogP contribution in [0.3, 0.4) is 0 Å². The van der Waals surface area contributed by atoms with Crippen molar-refractivity contribution in [2.45, 2.75) is 6.92 Å². The molecule has 1 aliphatic heterocycles. The van der Waals surface area contributed by atoms with Crippen molar-refractivity contribution >= 4 is 23.5 Å². The standard InChI is InChI=1S/C18H13NO4/c1-12-7-8-13(10-16(12)19(21)22)9-15-11-17(23-18(15)20)14-5-3-2-4-6-14/h2-11H,1H3/b15-9+. The lowest BCUT2D eigenvalue weighted by Gasteiger charge is -2.00. The number of hydrogen-bond donors (Lipinski definition) is 0. The van der Waals surface area contributed by atoms with Crippen molar-refractivity contribution in [2.75, 3.05) is 0 Å². The molecule has 114 valence electrons. The minimum atomic E-state index is -0.466. The van der Waals surface area contributed by atoms with Gasteiger partial charge in [-0.05, 0) is 24.6 Å². The zero-order chi connectivity index (χ0) is 16.4. The number of rotatable bonds is 3. The summed E-state index contributed by atoms with van der Waals surface area (Å²) in [6.45, 7) is 1.67. The van der Waals surface area contributed by atoms with Crippen molar-refractivity contribution in [3.05, 3.63) is 87.0 Å². The summed E-state index contributed by atoms with van der Waals surface area (Å²) < 4.78 is 5.25. The van der Waals surface area contributed by atoms with E-state index in [0.717, 1.165) is 5.56 Å². The van der Waals surface area contributed by atoms with Crippen molar-refractivity contribution in [1.82, 2.24) is 0 Å². The van der Waals surface area contributed by atoms with E-state index in [4.69, 9.17) is 4.74 Å². The molecule has 0 aliphatic carbocycles. The van der Waals surface area contributed by atoms with Crippen LogP contribution in [0, 0.1) is 17.0 Å². The Morgan fingerprint density at radius 3 is 2.57 bits per heavy atom. The first kappa shape index (κ1) is 14.7. The Bertz CT molecular complexity index is 851. The highest BCUT2D eigenvalue weighted by atomic mass is 16.6. The van der Waals surface area contributed by atoms with Crippen LogP contribution in [0.4, 0.5) is 5.69 Å². The van der Waals surface area contributed by atoms with Crippen molar-refractivity contribution in [1.29, 1.82) is 0 Å². The molecule has 0 atom stereocenters. The molecule has 0 unspecified atom stereocenters. The number of carbonyl (C=O) groups is 1. The van der Waals surface area contributed by atoms with E-state index in [1.54, 1.807) is 31.2 Å². The molecule has 23 heavy (non-hydrogen) atoms. The maximum absolute atomic E-state index is 12.0. The van der Waals surface area contributed by atoms with Crippen LogP contribution in [-0.4, -0.2) is 10.9 Å². The fourth-order valence-electron chi connectivity index (χ4n) is 2.33. The second-order valence-corrected chi connectivity index (χ2v) is 5.17. The molecule has 3 rings (SSSR count). The van der Waals surface area contributed by atoms with Gasteiger partial charge in [0.25, 0.3) is 5.69 Å². The molecule has 0 amide bonds. The van der Waals surface area contributed by atoms with E-state index in [1.165, 1.54) is 6.07 Å². The van der Waals surface area contributed by atoms with Crippen LogP contribution in [-0.2, 0) is 9.53 Å². The van der Waals surface area contributed by atoms with Gasteiger partial charge in [0.2, 0.25) is 0 Å². The molecule has 0 saturated heterocycles. The van der Waals surface area contributed by atoms with E-state index in [-0.39, 0.29) is 5.69 Å². The first-order chi connectivity index (χ1) is 11.0. The molecule has 0 fully saturated rings. The molecular formula is C18H13NO4. The lowest BCUT2D eigenvalue weighted by atomic mass is 10.1. The Balaban J connectivity index is 1.97. The van der Waals surface area contributed by atoms with Gasteiger partial charge in [-0.15, -0.1) is 0 Å². The number of hydrogen-bond acceptors (Lipinski definition) is 4. The number of nitrogens with zero attached hydrogens (tertiary/aromatic N) is 1. The Kier molecular flexibility index (Phi) is 3.76. The Morgan fingerprint density at radius 2 is 1.87 bits per heavy atom. The summed E-state index contributed by atoms with van der Waals surface area (Å²) in [5.74, 6) is 0.00976. The quantitative estimate of drug-likeness (QED) is 0.373. The molecule has 0 N–H and O–H groups in total. The largest absolute Gasteiger partial charge is 0.422 e. The summed E-state index contributed by atoms with van der Waals surface area (Å²) in [4.78, 5) is 22.5. The number of ether oxygens (including phenoxy) is 1. The maximum Gasteiger partial charge on any atom is 0.343 e. The Hall–Kier alpha value is -3.21. The van der Waals surface area contributed by atoms with Crippen molar-refractivity contribution in [3.8, 4) is 0 Å². The predicted molar refractivity (Wildman–Crippen MR) is 86.3 cm³/mol. The number of cyclic esters (lactones) is 1. The average molecular weight is 307 g/mol. The van der Waals surface area contributed by atoms with Gasteiger partial charge < -0.3 is 4.74 Å². The summed E-state index contributed by atoms with van der Waals surface area (Å²) in [5.41, 5.74) is 2.35. The highest BCUT2D eigenvalue weighted by Gasteiger charge is 2.22. The van der Waals surface area contributed by atoms with Gasteiger partial charge in [-0.1, -0.05) is 42.5 Å². The Morgan fingerprint density at radius 1 is 1.13 bits per heavy atom. The van der Waals surface area contributed by atoms with Gasteiger partial charge in [0, 0.05) is 17.2 Å². The normalized spacial score (nSPS) is 15.4. The second kappa shape index (κ2) is 5.88. The smallest absolute Gasteiger partial charge is 0.343 e. The van der Waals surface area contributed by atoms with Crippen LogP contribution in [0.2, 0.25) is 0 Å². The summed E-state index contributed by atoms with van der Waals surface area (Å²) >= 11 is 0. The molecule has 0 spiro atoms. The van der Waals surface area contributed by atoms with Gasteiger partial charge in [0.1, 0.15) is 5.76 Å². The SMILES string of the molecule is Cc1ccc(/C=C2\C=C(c3ccccc3)OC2=O)cc1[N+](=O)[O-]. The summed E-state index contributed by atoms with van der Waals surface area (Å²) in [5, 5.41) is 11.0. The molecule has 0 aromatic heterocycles. The van der Waals surface area contributed by atoms with Crippen LogP contribution < -0.4 is 0 Å². The van der Waals surface area contributed by atoms with Crippen LogP contribution in [0.1, 0.15) is 16.7 Å². The van der Waals surface area contributed by atoms with Crippen LogP contribution in [0.25, 0.3) is 11.8 Å². The van der Waals surface area contributed by atoms with E-state index in [1.807, 2.05) is 30.3 Å². The molecule has 0 saturated carbocycles. The maximum atomic E-state index is 12.0. The monoisotopic (exact) mass is 307 g/mol. The van der Waals surface area contributed by atoms with E-state index < -0.39 is 10.9 Å². The molecular weight excluding hydrogens is 294 g/mol. The third-order valence-electron chi connectivity index (χ3n) is 3.54. The van der Waals surface area contributed by atoms with E-state index in [2.05, 4.69) is 0 Å². The predicted octanol–water partition coefficient (Wildman–Crippen LogP) is 3.88. The lowest BCUT2D eigenvalue weighted by Crippen LogP contribution is -1.97. The second-order valence-electron chi connectivity index (χ2n) is 5.17.